The van der Waals surface area contributed by atoms with E-state index in [4.69, 9.17) is 0 Å². The van der Waals surface area contributed by atoms with E-state index in [1.54, 1.807) is 49.4 Å². The van der Waals surface area contributed by atoms with Crippen LogP contribution in [-0.4, -0.2) is 26.2 Å². The van der Waals surface area contributed by atoms with Gasteiger partial charge in [-0.1, -0.05) is 24.3 Å². The van der Waals surface area contributed by atoms with Gasteiger partial charge < -0.3 is 5.32 Å². The van der Waals surface area contributed by atoms with Gasteiger partial charge in [0.25, 0.3) is 0 Å². The predicted octanol–water partition coefficient (Wildman–Crippen LogP) is 3.47. The molecule has 0 saturated heterocycles. The lowest BCUT2D eigenvalue weighted by Gasteiger charge is -2.10. The minimum Gasteiger partial charge on any atom is -0.352 e. The van der Waals surface area contributed by atoms with Crippen molar-refractivity contribution in [1.29, 1.82) is 0 Å². The Kier molecular flexibility index (Phi) is 8.13. The highest BCUT2D eigenvalue weighted by Crippen LogP contribution is 2.22. The Balaban J connectivity index is 1.80. The van der Waals surface area contributed by atoms with Crippen molar-refractivity contribution >= 4 is 33.1 Å². The molecule has 29 heavy (non-hydrogen) atoms. The summed E-state index contributed by atoms with van der Waals surface area (Å²) in [5, 5.41) is 2.80. The molecule has 1 heterocycles. The summed E-state index contributed by atoms with van der Waals surface area (Å²) in [6.45, 7) is 7.77. The van der Waals surface area contributed by atoms with Crippen LogP contribution in [0.2, 0.25) is 0 Å². The van der Waals surface area contributed by atoms with E-state index in [9.17, 15) is 18.0 Å². The first-order valence-corrected chi connectivity index (χ1v) is 12.0. The van der Waals surface area contributed by atoms with Crippen LogP contribution in [0.15, 0.2) is 30.3 Å². The molecule has 1 aromatic heterocycles. The number of Topliss-reactive ketones (excluding diaryl/α,β-unsaturated/α-hetero) is 1. The van der Waals surface area contributed by atoms with Gasteiger partial charge in [-0.3, -0.25) is 9.59 Å². The van der Waals surface area contributed by atoms with Gasteiger partial charge in [0.1, 0.15) is 0 Å². The summed E-state index contributed by atoms with van der Waals surface area (Å²) in [5.74, 6) is -0.278. The molecule has 2 rings (SSSR count). The van der Waals surface area contributed by atoms with Crippen LogP contribution in [0.5, 0.6) is 0 Å². The zero-order valence-electron chi connectivity index (χ0n) is 17.2. The summed E-state index contributed by atoms with van der Waals surface area (Å²) < 4.78 is 26.5. The second-order valence-electron chi connectivity index (χ2n) is 7.37. The van der Waals surface area contributed by atoms with Crippen molar-refractivity contribution < 1.29 is 18.0 Å². The molecular formula is C21H28N2O4S2. The Morgan fingerprint density at radius 1 is 1.03 bits per heavy atom. The van der Waals surface area contributed by atoms with Crippen molar-refractivity contribution in [3.8, 4) is 0 Å². The quantitative estimate of drug-likeness (QED) is 0.558. The van der Waals surface area contributed by atoms with E-state index in [2.05, 4.69) is 10.0 Å². The van der Waals surface area contributed by atoms with Crippen molar-refractivity contribution in [1.82, 2.24) is 10.0 Å². The van der Waals surface area contributed by atoms with Crippen LogP contribution >= 0.6 is 11.3 Å². The molecule has 1 aromatic carbocycles. The number of aryl methyl sites for hydroxylation is 2. The maximum absolute atomic E-state index is 12.2. The zero-order chi connectivity index (χ0) is 21.6. The van der Waals surface area contributed by atoms with Gasteiger partial charge in [0.2, 0.25) is 15.9 Å². The number of amides is 1. The van der Waals surface area contributed by atoms with Crippen molar-refractivity contribution in [2.24, 2.45) is 0 Å². The van der Waals surface area contributed by atoms with Gasteiger partial charge in [0.15, 0.2) is 5.78 Å². The van der Waals surface area contributed by atoms with Crippen molar-refractivity contribution in [3.05, 3.63) is 56.8 Å². The number of ketones is 1. The second-order valence-corrected chi connectivity index (χ2v) is 10.6. The molecule has 2 N–H and O–H groups in total. The number of hydrogen-bond acceptors (Lipinski definition) is 5. The molecular weight excluding hydrogens is 408 g/mol. The molecule has 1 amide bonds. The van der Waals surface area contributed by atoms with Gasteiger partial charge in [-0.25, -0.2) is 13.1 Å². The third-order valence-electron chi connectivity index (χ3n) is 4.21. The molecule has 0 spiro atoms. The van der Waals surface area contributed by atoms with Gasteiger partial charge in [-0.2, -0.15) is 0 Å². The molecule has 0 aliphatic rings. The summed E-state index contributed by atoms with van der Waals surface area (Å²) in [6, 6.07) is 8.80. The summed E-state index contributed by atoms with van der Waals surface area (Å²) in [5.41, 5.74) is 2.25. The van der Waals surface area contributed by atoms with Crippen LogP contribution in [0, 0.1) is 13.8 Å². The van der Waals surface area contributed by atoms with Gasteiger partial charge in [-0.05, 0) is 44.9 Å². The monoisotopic (exact) mass is 436 g/mol. The fraction of sp³-hybridized carbons (Fsp3) is 0.429. The molecule has 0 saturated carbocycles. The van der Waals surface area contributed by atoms with E-state index < -0.39 is 10.0 Å². The van der Waals surface area contributed by atoms with Gasteiger partial charge >= 0.3 is 0 Å². The van der Waals surface area contributed by atoms with Crippen molar-refractivity contribution in [3.63, 3.8) is 0 Å². The van der Waals surface area contributed by atoms with Crippen LogP contribution in [-0.2, 0) is 27.1 Å². The maximum Gasteiger partial charge on any atom is 0.220 e. The number of carbonyl (C=O) groups is 2. The van der Waals surface area contributed by atoms with Crippen LogP contribution in [0.25, 0.3) is 0 Å². The highest BCUT2D eigenvalue weighted by Gasteiger charge is 2.14. The Labute approximate surface area is 176 Å². The Bertz CT molecular complexity index is 961. The fourth-order valence-electron chi connectivity index (χ4n) is 2.93. The molecule has 2 aromatic rings. The topological polar surface area (TPSA) is 92.3 Å². The largest absolute Gasteiger partial charge is 0.352 e. The standard InChI is InChI=1S/C21H28N2O4S2/c1-14(2)23-29(26,27)13-18-7-5-17(6-8-18)12-22-21(25)10-9-20(24)19-11-15(3)28-16(19)4/h5-8,11,14,23H,9-10,12-13H2,1-4H3,(H,22,25). The van der Waals surface area contributed by atoms with E-state index >= 15 is 0 Å². The number of benzene rings is 1. The number of hydrogen-bond donors (Lipinski definition) is 2. The third kappa shape index (κ3) is 7.72. The number of carbonyl (C=O) groups excluding carboxylic acids is 2. The average Bonchev–Trinajstić information content (AvgIpc) is 2.96. The van der Waals surface area contributed by atoms with Crippen LogP contribution in [0.3, 0.4) is 0 Å². The van der Waals surface area contributed by atoms with Gasteiger partial charge in [0, 0.05) is 40.7 Å². The maximum atomic E-state index is 12.2. The Morgan fingerprint density at radius 2 is 1.66 bits per heavy atom. The Morgan fingerprint density at radius 3 is 2.21 bits per heavy atom. The van der Waals surface area contributed by atoms with Crippen LogP contribution in [0.1, 0.15) is 57.9 Å². The summed E-state index contributed by atoms with van der Waals surface area (Å²) >= 11 is 1.58. The van der Waals surface area contributed by atoms with E-state index in [0.717, 1.165) is 15.3 Å². The molecule has 8 heteroatoms. The second kappa shape index (κ2) is 10.1. The van der Waals surface area contributed by atoms with E-state index in [1.807, 2.05) is 19.9 Å². The number of rotatable bonds is 10. The summed E-state index contributed by atoms with van der Waals surface area (Å²) in [6.07, 6.45) is 0.326. The van der Waals surface area contributed by atoms with Crippen LogP contribution < -0.4 is 10.0 Å². The van der Waals surface area contributed by atoms with Crippen molar-refractivity contribution in [2.45, 2.75) is 58.9 Å². The summed E-state index contributed by atoms with van der Waals surface area (Å²) in [7, 11) is -3.36. The first-order chi connectivity index (χ1) is 13.6. The third-order valence-corrected chi connectivity index (χ3v) is 6.71. The SMILES string of the molecule is Cc1cc(C(=O)CCC(=O)NCc2ccc(CS(=O)(=O)NC(C)C)cc2)c(C)s1. The lowest BCUT2D eigenvalue weighted by atomic mass is 10.1. The van der Waals surface area contributed by atoms with E-state index in [1.165, 1.54) is 0 Å². The molecule has 0 fully saturated rings. The molecule has 0 bridgehead atoms. The average molecular weight is 437 g/mol. The minimum absolute atomic E-state index is 0.0115. The number of nitrogens with one attached hydrogen (secondary N) is 2. The number of thiophene rings is 1. The Hall–Kier alpha value is -2.03. The van der Waals surface area contributed by atoms with Gasteiger partial charge in [-0.15, -0.1) is 11.3 Å². The number of sulfonamides is 1. The summed E-state index contributed by atoms with van der Waals surface area (Å²) in [4.78, 5) is 26.4. The minimum atomic E-state index is -3.36. The highest BCUT2D eigenvalue weighted by atomic mass is 32.2. The predicted molar refractivity (Wildman–Crippen MR) is 117 cm³/mol. The van der Waals surface area contributed by atoms with E-state index in [0.29, 0.717) is 17.7 Å². The molecule has 0 atom stereocenters. The van der Waals surface area contributed by atoms with Crippen molar-refractivity contribution in [2.75, 3.05) is 0 Å². The normalized spacial score (nSPS) is 11.6. The van der Waals surface area contributed by atoms with E-state index in [-0.39, 0.29) is 36.3 Å². The molecule has 158 valence electrons. The lowest BCUT2D eigenvalue weighted by molar-refractivity contribution is -0.121. The first-order valence-electron chi connectivity index (χ1n) is 9.50. The smallest absolute Gasteiger partial charge is 0.220 e. The molecule has 0 aliphatic heterocycles. The van der Waals surface area contributed by atoms with Crippen LogP contribution in [0.4, 0.5) is 0 Å². The fourth-order valence-corrected chi connectivity index (χ4v) is 5.31. The lowest BCUT2D eigenvalue weighted by Crippen LogP contribution is -2.31. The first kappa shape index (κ1) is 23.3. The molecule has 0 radical (unpaired) electrons. The van der Waals surface area contributed by atoms with Gasteiger partial charge in [0.05, 0.1) is 5.75 Å². The molecule has 0 unspecified atom stereocenters. The molecule has 6 nitrogen and oxygen atoms in total. The molecule has 0 aliphatic carbocycles. The zero-order valence-corrected chi connectivity index (χ0v) is 18.9. The highest BCUT2D eigenvalue weighted by molar-refractivity contribution is 7.88.